The van der Waals surface area contributed by atoms with Crippen molar-refractivity contribution in [3.63, 3.8) is 0 Å². The molecule has 3 N–H and O–H groups in total. The third kappa shape index (κ3) is 5.36. The molecular weight excluding hydrogens is 290 g/mol. The highest BCUT2D eigenvalue weighted by Crippen LogP contribution is 2.36. The standard InChI is InChI=1S/C12H18ClNO4S/c1-2-4-9(7-8-18-19(14,16)17)10-5-3-6-11(13)12(10)15/h3,5-6,9,15H,2,4,7-8H2,1H3,(H2,14,16,17). The second-order valence-corrected chi connectivity index (χ2v) is 5.90. The number of phenolic OH excluding ortho intramolecular Hbond substituents is 1. The zero-order valence-electron chi connectivity index (χ0n) is 10.7. The highest BCUT2D eigenvalue weighted by Gasteiger charge is 2.17. The molecule has 0 aromatic heterocycles. The minimum Gasteiger partial charge on any atom is -0.506 e. The molecule has 7 heteroatoms. The molecule has 0 aliphatic heterocycles. The van der Waals surface area contributed by atoms with Crippen LogP contribution in [0.1, 0.15) is 37.7 Å². The predicted molar refractivity (Wildman–Crippen MR) is 74.4 cm³/mol. The molecule has 0 bridgehead atoms. The molecule has 0 aliphatic rings. The molecule has 1 atom stereocenters. The molecule has 0 saturated carbocycles. The SMILES string of the molecule is CCCC(CCOS(N)(=O)=O)c1cccc(Cl)c1O. The molecule has 1 rings (SSSR count). The molecule has 1 aromatic carbocycles. The van der Waals surface area contributed by atoms with Crippen LogP contribution in [-0.2, 0) is 14.5 Å². The average Bonchev–Trinajstić information content (AvgIpc) is 2.30. The summed E-state index contributed by atoms with van der Waals surface area (Å²) in [4.78, 5) is 0. The van der Waals surface area contributed by atoms with Crippen LogP contribution in [-0.4, -0.2) is 20.1 Å². The van der Waals surface area contributed by atoms with Gasteiger partial charge in [0.05, 0.1) is 11.6 Å². The molecule has 1 aromatic rings. The molecule has 5 nitrogen and oxygen atoms in total. The topological polar surface area (TPSA) is 89.6 Å². The number of hydrogen-bond acceptors (Lipinski definition) is 4. The second-order valence-electron chi connectivity index (χ2n) is 4.27. The maximum Gasteiger partial charge on any atom is 0.333 e. The Morgan fingerprint density at radius 2 is 2.11 bits per heavy atom. The third-order valence-electron chi connectivity index (χ3n) is 2.81. The van der Waals surface area contributed by atoms with E-state index >= 15 is 0 Å². The first-order chi connectivity index (χ1) is 8.85. The summed E-state index contributed by atoms with van der Waals surface area (Å²) in [6.07, 6.45) is 2.13. The van der Waals surface area contributed by atoms with E-state index in [2.05, 4.69) is 4.18 Å². The van der Waals surface area contributed by atoms with E-state index in [0.717, 1.165) is 12.8 Å². The fourth-order valence-corrected chi connectivity index (χ4v) is 2.48. The number of halogens is 1. The molecule has 0 aliphatic carbocycles. The lowest BCUT2D eigenvalue weighted by atomic mass is 9.91. The van der Waals surface area contributed by atoms with Gasteiger partial charge in [0.2, 0.25) is 0 Å². The van der Waals surface area contributed by atoms with Crippen LogP contribution in [0, 0.1) is 0 Å². The highest BCUT2D eigenvalue weighted by atomic mass is 35.5. The van der Waals surface area contributed by atoms with Gasteiger partial charge in [-0.2, -0.15) is 8.42 Å². The van der Waals surface area contributed by atoms with Crippen molar-refractivity contribution in [1.82, 2.24) is 0 Å². The van der Waals surface area contributed by atoms with Crippen molar-refractivity contribution in [2.45, 2.75) is 32.1 Å². The van der Waals surface area contributed by atoms with E-state index in [4.69, 9.17) is 16.7 Å². The van der Waals surface area contributed by atoms with Gasteiger partial charge in [-0.25, -0.2) is 5.14 Å². The van der Waals surface area contributed by atoms with Crippen LogP contribution in [0.5, 0.6) is 5.75 Å². The second kappa shape index (κ2) is 7.09. The number of nitrogens with two attached hydrogens (primary N) is 1. The first kappa shape index (κ1) is 16.2. The van der Waals surface area contributed by atoms with E-state index in [-0.39, 0.29) is 23.3 Å². The van der Waals surface area contributed by atoms with Crippen LogP contribution in [0.25, 0.3) is 0 Å². The summed E-state index contributed by atoms with van der Waals surface area (Å²) >= 11 is 5.87. The zero-order chi connectivity index (χ0) is 14.5. The van der Waals surface area contributed by atoms with Crippen LogP contribution in [0.4, 0.5) is 0 Å². The Kier molecular flexibility index (Phi) is 6.06. The van der Waals surface area contributed by atoms with Gasteiger partial charge in [0.25, 0.3) is 0 Å². The van der Waals surface area contributed by atoms with Crippen molar-refractivity contribution in [2.75, 3.05) is 6.61 Å². The fourth-order valence-electron chi connectivity index (χ4n) is 1.97. The normalized spacial score (nSPS) is 13.4. The van der Waals surface area contributed by atoms with Crippen molar-refractivity contribution in [1.29, 1.82) is 0 Å². The van der Waals surface area contributed by atoms with Crippen LogP contribution in [0.15, 0.2) is 18.2 Å². The number of para-hydroxylation sites is 1. The number of benzene rings is 1. The van der Waals surface area contributed by atoms with Gasteiger partial charge in [0, 0.05) is 0 Å². The van der Waals surface area contributed by atoms with Crippen molar-refractivity contribution in [3.8, 4) is 5.75 Å². The number of hydrogen-bond donors (Lipinski definition) is 2. The zero-order valence-corrected chi connectivity index (χ0v) is 12.2. The van der Waals surface area contributed by atoms with Gasteiger partial charge in [0.15, 0.2) is 0 Å². The van der Waals surface area contributed by atoms with E-state index < -0.39 is 10.3 Å². The smallest absolute Gasteiger partial charge is 0.333 e. The van der Waals surface area contributed by atoms with E-state index in [1.807, 2.05) is 6.92 Å². The maximum absolute atomic E-state index is 10.7. The summed E-state index contributed by atoms with van der Waals surface area (Å²) in [5.74, 6) is 0.0173. The lowest BCUT2D eigenvalue weighted by Gasteiger charge is -2.18. The first-order valence-electron chi connectivity index (χ1n) is 5.99. The number of rotatable bonds is 7. The lowest BCUT2D eigenvalue weighted by molar-refractivity contribution is 0.295. The Hall–Kier alpha value is -0.820. The van der Waals surface area contributed by atoms with Crippen LogP contribution in [0.2, 0.25) is 5.02 Å². The molecule has 0 saturated heterocycles. The summed E-state index contributed by atoms with van der Waals surface area (Å²) in [6.45, 7) is 1.99. The van der Waals surface area contributed by atoms with Crippen LogP contribution in [0.3, 0.4) is 0 Å². The Morgan fingerprint density at radius 3 is 2.68 bits per heavy atom. The van der Waals surface area contributed by atoms with E-state index in [1.54, 1.807) is 18.2 Å². The summed E-state index contributed by atoms with van der Waals surface area (Å²) in [6, 6.07) is 5.13. The minimum absolute atomic E-state index is 0.0184. The van der Waals surface area contributed by atoms with E-state index in [9.17, 15) is 13.5 Å². The molecule has 1 unspecified atom stereocenters. The molecule has 0 radical (unpaired) electrons. The van der Waals surface area contributed by atoms with Gasteiger partial charge in [-0.15, -0.1) is 0 Å². The molecule has 19 heavy (non-hydrogen) atoms. The number of phenols is 1. The monoisotopic (exact) mass is 307 g/mol. The van der Waals surface area contributed by atoms with Gasteiger partial charge in [-0.1, -0.05) is 37.1 Å². The van der Waals surface area contributed by atoms with Crippen molar-refractivity contribution < 1.29 is 17.7 Å². The van der Waals surface area contributed by atoms with Gasteiger partial charge in [0.1, 0.15) is 5.75 Å². The number of aromatic hydroxyl groups is 1. The Balaban J connectivity index is 2.79. The highest BCUT2D eigenvalue weighted by molar-refractivity contribution is 7.84. The fraction of sp³-hybridized carbons (Fsp3) is 0.500. The van der Waals surface area contributed by atoms with Crippen LogP contribution < -0.4 is 5.14 Å². The Bertz CT molecular complexity index is 518. The van der Waals surface area contributed by atoms with Gasteiger partial charge in [-0.05, 0) is 30.4 Å². The van der Waals surface area contributed by atoms with Crippen molar-refractivity contribution in [2.24, 2.45) is 5.14 Å². The Labute approximate surface area is 118 Å². The predicted octanol–water partition coefficient (Wildman–Crippen LogP) is 2.54. The molecule has 0 fully saturated rings. The summed E-state index contributed by atoms with van der Waals surface area (Å²) < 4.78 is 26.0. The average molecular weight is 308 g/mol. The minimum atomic E-state index is -3.92. The molecule has 0 spiro atoms. The Morgan fingerprint density at radius 1 is 1.42 bits per heavy atom. The molecular formula is C12H18ClNO4S. The first-order valence-corrected chi connectivity index (χ1v) is 7.84. The van der Waals surface area contributed by atoms with E-state index in [1.165, 1.54) is 0 Å². The molecule has 108 valence electrons. The van der Waals surface area contributed by atoms with Gasteiger partial charge >= 0.3 is 10.3 Å². The molecule has 0 heterocycles. The quantitative estimate of drug-likeness (QED) is 0.810. The van der Waals surface area contributed by atoms with Crippen molar-refractivity contribution in [3.05, 3.63) is 28.8 Å². The largest absolute Gasteiger partial charge is 0.506 e. The lowest BCUT2D eigenvalue weighted by Crippen LogP contribution is -2.17. The van der Waals surface area contributed by atoms with Crippen LogP contribution >= 0.6 is 11.6 Å². The summed E-state index contributed by atoms with van der Waals surface area (Å²) in [5.41, 5.74) is 0.701. The van der Waals surface area contributed by atoms with Crippen molar-refractivity contribution >= 4 is 21.9 Å². The summed E-state index contributed by atoms with van der Waals surface area (Å²) in [7, 11) is -3.92. The molecule has 0 amide bonds. The van der Waals surface area contributed by atoms with Gasteiger partial charge < -0.3 is 5.11 Å². The van der Waals surface area contributed by atoms with Gasteiger partial charge in [-0.3, -0.25) is 4.18 Å². The maximum atomic E-state index is 10.7. The third-order valence-corrected chi connectivity index (χ3v) is 3.61. The van der Waals surface area contributed by atoms with E-state index in [0.29, 0.717) is 12.0 Å². The summed E-state index contributed by atoms with van der Waals surface area (Å²) in [5, 5.41) is 15.0.